The topological polar surface area (TPSA) is 55.8 Å². The van der Waals surface area contributed by atoms with Gasteiger partial charge in [-0.15, -0.1) is 0 Å². The van der Waals surface area contributed by atoms with E-state index in [9.17, 15) is 9.59 Å². The lowest BCUT2D eigenvalue weighted by molar-refractivity contribution is 0.0526. The smallest absolute Gasteiger partial charge is 0.338 e. The summed E-state index contributed by atoms with van der Waals surface area (Å²) in [5.74, 6) is -0.0678. The predicted octanol–water partition coefficient (Wildman–Crippen LogP) is 3.29. The molecule has 130 valence electrons. The van der Waals surface area contributed by atoms with Crippen molar-refractivity contribution in [2.75, 3.05) is 32.2 Å². The van der Waals surface area contributed by atoms with Gasteiger partial charge in [-0.2, -0.15) is 0 Å². The third-order valence-electron chi connectivity index (χ3n) is 4.29. The molecule has 1 aliphatic rings. The van der Waals surface area contributed by atoms with Crippen LogP contribution in [0.5, 0.6) is 5.75 Å². The van der Waals surface area contributed by atoms with E-state index >= 15 is 0 Å². The summed E-state index contributed by atoms with van der Waals surface area (Å²) in [6.45, 7) is 2.40. The molecule has 1 unspecified atom stereocenters. The molecule has 3 rings (SSSR count). The van der Waals surface area contributed by atoms with Gasteiger partial charge in [0.05, 0.1) is 23.7 Å². The second kappa shape index (κ2) is 6.97. The largest absolute Gasteiger partial charge is 0.492 e. The molecule has 2 aromatic rings. The van der Waals surface area contributed by atoms with Crippen molar-refractivity contribution in [3.8, 4) is 5.75 Å². The summed E-state index contributed by atoms with van der Waals surface area (Å²) in [6.07, 6.45) is 0. The van der Waals surface area contributed by atoms with E-state index in [-0.39, 0.29) is 17.7 Å². The number of carbonyl (C=O) groups excluding carboxylic acids is 2. The fourth-order valence-corrected chi connectivity index (χ4v) is 2.86. The van der Waals surface area contributed by atoms with Crippen molar-refractivity contribution < 1.29 is 19.1 Å². The van der Waals surface area contributed by atoms with Gasteiger partial charge in [-0.05, 0) is 36.8 Å². The van der Waals surface area contributed by atoms with Crippen LogP contribution in [-0.2, 0) is 4.74 Å². The Labute approximate surface area is 147 Å². The molecular weight excluding hydrogens is 318 g/mol. The van der Waals surface area contributed by atoms with E-state index in [1.165, 1.54) is 0 Å². The van der Waals surface area contributed by atoms with Crippen LogP contribution in [0.3, 0.4) is 0 Å². The van der Waals surface area contributed by atoms with Crippen LogP contribution >= 0.6 is 0 Å². The number of esters is 1. The zero-order valence-electron chi connectivity index (χ0n) is 14.6. The summed E-state index contributed by atoms with van der Waals surface area (Å²) in [6, 6.07) is 12.6. The van der Waals surface area contributed by atoms with Crippen LogP contribution in [0, 0.1) is 0 Å². The summed E-state index contributed by atoms with van der Waals surface area (Å²) >= 11 is 0. The quantitative estimate of drug-likeness (QED) is 0.800. The van der Waals surface area contributed by atoms with Crippen molar-refractivity contribution in [1.82, 2.24) is 0 Å². The molecule has 1 heterocycles. The second-order valence-corrected chi connectivity index (χ2v) is 6.15. The third kappa shape index (κ3) is 3.36. The van der Waals surface area contributed by atoms with E-state index in [0.717, 1.165) is 11.3 Å². The minimum Gasteiger partial charge on any atom is -0.492 e. The first kappa shape index (κ1) is 17.0. The number of Topliss-reactive ketones (excluding diaryl/α,β-unsaturated/α-hetero) is 1. The minimum absolute atomic E-state index is 0.0374. The van der Waals surface area contributed by atoms with Gasteiger partial charge in [-0.25, -0.2) is 4.79 Å². The maximum absolute atomic E-state index is 12.8. The molecule has 0 aliphatic carbocycles. The number of ether oxygens (including phenoxy) is 2. The van der Waals surface area contributed by atoms with Crippen LogP contribution in [0.4, 0.5) is 5.69 Å². The van der Waals surface area contributed by atoms with E-state index in [2.05, 4.69) is 0 Å². The molecular formula is C20H21NO4. The number of benzene rings is 2. The van der Waals surface area contributed by atoms with E-state index < -0.39 is 0 Å². The maximum Gasteiger partial charge on any atom is 0.338 e. The van der Waals surface area contributed by atoms with E-state index in [4.69, 9.17) is 9.47 Å². The monoisotopic (exact) mass is 339 g/mol. The third-order valence-corrected chi connectivity index (χ3v) is 4.29. The molecule has 25 heavy (non-hydrogen) atoms. The van der Waals surface area contributed by atoms with Gasteiger partial charge in [-0.1, -0.05) is 12.1 Å². The van der Waals surface area contributed by atoms with Crippen LogP contribution in [0.15, 0.2) is 42.5 Å². The van der Waals surface area contributed by atoms with Crippen molar-refractivity contribution in [1.29, 1.82) is 0 Å². The fraction of sp³-hybridized carbons (Fsp3) is 0.300. The average molecular weight is 339 g/mol. The van der Waals surface area contributed by atoms with Crippen LogP contribution in [-0.4, -0.2) is 39.1 Å². The standard InChI is InChI=1S/C20H21NO4/c1-4-24-20(23)14-7-5-13(6-8-14)17-12-25-18-11-15(21(2)3)9-10-16(18)19(17)22/h5-11,17H,4,12H2,1-3H3. The molecule has 1 aliphatic heterocycles. The summed E-state index contributed by atoms with van der Waals surface area (Å²) in [5.41, 5.74) is 2.89. The van der Waals surface area contributed by atoms with Crippen molar-refractivity contribution in [3.05, 3.63) is 59.2 Å². The molecule has 5 heteroatoms. The first-order chi connectivity index (χ1) is 12.0. The number of hydrogen-bond donors (Lipinski definition) is 0. The van der Waals surface area contributed by atoms with Gasteiger partial charge in [0.25, 0.3) is 0 Å². The molecule has 0 aromatic heterocycles. The van der Waals surface area contributed by atoms with Gasteiger partial charge in [-0.3, -0.25) is 4.79 Å². The minimum atomic E-state index is -0.367. The normalized spacial score (nSPS) is 16.0. The zero-order valence-corrected chi connectivity index (χ0v) is 14.6. The second-order valence-electron chi connectivity index (χ2n) is 6.15. The first-order valence-electron chi connectivity index (χ1n) is 8.26. The molecule has 0 amide bonds. The van der Waals surface area contributed by atoms with Gasteiger partial charge in [0, 0.05) is 25.8 Å². The SMILES string of the molecule is CCOC(=O)c1ccc(C2COc3cc(N(C)C)ccc3C2=O)cc1. The Morgan fingerprint density at radius 1 is 1.20 bits per heavy atom. The van der Waals surface area contributed by atoms with Gasteiger partial charge >= 0.3 is 5.97 Å². The lowest BCUT2D eigenvalue weighted by atomic mass is 9.88. The van der Waals surface area contributed by atoms with Crippen molar-refractivity contribution in [3.63, 3.8) is 0 Å². The number of anilines is 1. The average Bonchev–Trinajstić information content (AvgIpc) is 2.62. The van der Waals surface area contributed by atoms with Gasteiger partial charge in [0.15, 0.2) is 5.78 Å². The molecule has 0 N–H and O–H groups in total. The zero-order chi connectivity index (χ0) is 18.0. The Balaban J connectivity index is 1.83. The van der Waals surface area contributed by atoms with Crippen molar-refractivity contribution >= 4 is 17.4 Å². The number of ketones is 1. The number of nitrogens with zero attached hydrogens (tertiary/aromatic N) is 1. The van der Waals surface area contributed by atoms with E-state index in [0.29, 0.717) is 30.1 Å². The molecule has 0 spiro atoms. The van der Waals surface area contributed by atoms with Crippen molar-refractivity contribution in [2.45, 2.75) is 12.8 Å². The summed E-state index contributed by atoms with van der Waals surface area (Å²) in [5, 5.41) is 0. The summed E-state index contributed by atoms with van der Waals surface area (Å²) in [7, 11) is 3.89. The van der Waals surface area contributed by atoms with Crippen LogP contribution in [0.1, 0.15) is 39.1 Å². The fourth-order valence-electron chi connectivity index (χ4n) is 2.86. The van der Waals surface area contributed by atoms with Crippen LogP contribution in [0.2, 0.25) is 0 Å². The number of carbonyl (C=O) groups is 2. The Morgan fingerprint density at radius 2 is 1.92 bits per heavy atom. The highest BCUT2D eigenvalue weighted by Gasteiger charge is 2.30. The Bertz CT molecular complexity index is 796. The predicted molar refractivity (Wildman–Crippen MR) is 95.7 cm³/mol. The number of hydrogen-bond acceptors (Lipinski definition) is 5. The lowest BCUT2D eigenvalue weighted by Crippen LogP contribution is -2.26. The molecule has 5 nitrogen and oxygen atoms in total. The molecule has 0 saturated carbocycles. The van der Waals surface area contributed by atoms with E-state index in [1.54, 1.807) is 31.2 Å². The molecule has 0 radical (unpaired) electrons. The highest BCUT2D eigenvalue weighted by Crippen LogP contribution is 2.34. The van der Waals surface area contributed by atoms with Gasteiger partial charge < -0.3 is 14.4 Å². The van der Waals surface area contributed by atoms with Gasteiger partial charge in [0.2, 0.25) is 0 Å². The van der Waals surface area contributed by atoms with Crippen LogP contribution in [0.25, 0.3) is 0 Å². The number of rotatable bonds is 4. The van der Waals surface area contributed by atoms with Crippen LogP contribution < -0.4 is 9.64 Å². The highest BCUT2D eigenvalue weighted by atomic mass is 16.5. The number of fused-ring (bicyclic) bond motifs is 1. The molecule has 0 fully saturated rings. The van der Waals surface area contributed by atoms with Crippen molar-refractivity contribution in [2.24, 2.45) is 0 Å². The Kier molecular flexibility index (Phi) is 4.74. The Hall–Kier alpha value is -2.82. The molecule has 2 aromatic carbocycles. The molecule has 0 saturated heterocycles. The summed E-state index contributed by atoms with van der Waals surface area (Å²) < 4.78 is 10.8. The Morgan fingerprint density at radius 3 is 2.56 bits per heavy atom. The maximum atomic E-state index is 12.8. The highest BCUT2D eigenvalue weighted by molar-refractivity contribution is 6.04. The first-order valence-corrected chi connectivity index (χ1v) is 8.26. The molecule has 1 atom stereocenters. The molecule has 0 bridgehead atoms. The lowest BCUT2D eigenvalue weighted by Gasteiger charge is -2.26. The summed E-state index contributed by atoms with van der Waals surface area (Å²) in [4.78, 5) is 26.5. The van der Waals surface area contributed by atoms with Gasteiger partial charge in [0.1, 0.15) is 12.4 Å². The van der Waals surface area contributed by atoms with E-state index in [1.807, 2.05) is 37.2 Å².